The lowest BCUT2D eigenvalue weighted by Gasteiger charge is -2.20. The standard InChI is InChI=1S/C14H19N3O/c1-14(2,18-3)13-8-9-17(16-13)12-7-5-4-6-11(12)10-15/h4-9H,10,15H2,1-3H3. The molecular formula is C14H19N3O. The van der Waals surface area contributed by atoms with Gasteiger partial charge in [0.15, 0.2) is 0 Å². The Kier molecular flexibility index (Phi) is 3.50. The van der Waals surface area contributed by atoms with Crippen molar-refractivity contribution in [1.82, 2.24) is 9.78 Å². The molecule has 0 saturated carbocycles. The van der Waals surface area contributed by atoms with Crippen LogP contribution < -0.4 is 5.73 Å². The molecule has 0 unspecified atom stereocenters. The molecule has 0 bridgehead atoms. The van der Waals surface area contributed by atoms with Crippen molar-refractivity contribution in [3.63, 3.8) is 0 Å². The summed E-state index contributed by atoms with van der Waals surface area (Å²) in [6, 6.07) is 9.96. The predicted molar refractivity (Wildman–Crippen MR) is 71.5 cm³/mol. The molecule has 0 radical (unpaired) electrons. The maximum Gasteiger partial charge on any atom is 0.106 e. The molecule has 0 aliphatic heterocycles. The Labute approximate surface area is 107 Å². The third-order valence-corrected chi connectivity index (χ3v) is 3.17. The van der Waals surface area contributed by atoms with Crippen LogP contribution in [0.15, 0.2) is 36.5 Å². The average molecular weight is 245 g/mol. The number of nitrogens with two attached hydrogens (primary N) is 1. The van der Waals surface area contributed by atoms with Crippen LogP contribution in [-0.2, 0) is 16.9 Å². The zero-order chi connectivity index (χ0) is 13.2. The molecule has 4 nitrogen and oxygen atoms in total. The fourth-order valence-electron chi connectivity index (χ4n) is 1.79. The number of rotatable bonds is 4. The summed E-state index contributed by atoms with van der Waals surface area (Å²) < 4.78 is 7.27. The van der Waals surface area contributed by atoms with E-state index >= 15 is 0 Å². The normalized spacial score (nSPS) is 11.8. The largest absolute Gasteiger partial charge is 0.372 e. The van der Waals surface area contributed by atoms with Crippen LogP contribution in [0.25, 0.3) is 5.69 Å². The van der Waals surface area contributed by atoms with Gasteiger partial charge in [-0.1, -0.05) is 18.2 Å². The van der Waals surface area contributed by atoms with Crippen molar-refractivity contribution in [3.8, 4) is 5.69 Å². The Hall–Kier alpha value is -1.65. The number of hydrogen-bond donors (Lipinski definition) is 1. The van der Waals surface area contributed by atoms with E-state index < -0.39 is 0 Å². The minimum absolute atomic E-state index is 0.386. The van der Waals surface area contributed by atoms with Gasteiger partial charge in [-0.05, 0) is 31.5 Å². The number of para-hydroxylation sites is 1. The number of nitrogens with zero attached hydrogens (tertiary/aromatic N) is 2. The molecule has 1 heterocycles. The predicted octanol–water partition coefficient (Wildman–Crippen LogP) is 2.21. The first-order valence-corrected chi connectivity index (χ1v) is 5.98. The van der Waals surface area contributed by atoms with Crippen LogP contribution in [-0.4, -0.2) is 16.9 Å². The van der Waals surface area contributed by atoms with E-state index in [1.54, 1.807) is 7.11 Å². The Balaban J connectivity index is 2.41. The molecule has 0 fully saturated rings. The number of methoxy groups -OCH3 is 1. The minimum Gasteiger partial charge on any atom is -0.372 e. The van der Waals surface area contributed by atoms with Gasteiger partial charge in [-0.15, -0.1) is 0 Å². The zero-order valence-corrected chi connectivity index (χ0v) is 11.1. The quantitative estimate of drug-likeness (QED) is 0.898. The molecule has 0 atom stereocenters. The Bertz CT molecular complexity index is 531. The van der Waals surface area contributed by atoms with Gasteiger partial charge in [0.2, 0.25) is 0 Å². The molecule has 4 heteroatoms. The van der Waals surface area contributed by atoms with Crippen LogP contribution in [0.5, 0.6) is 0 Å². The van der Waals surface area contributed by atoms with Crippen LogP contribution >= 0.6 is 0 Å². The highest BCUT2D eigenvalue weighted by atomic mass is 16.5. The molecular weight excluding hydrogens is 226 g/mol. The van der Waals surface area contributed by atoms with Gasteiger partial charge in [0, 0.05) is 19.9 Å². The van der Waals surface area contributed by atoms with Crippen LogP contribution in [0, 0.1) is 0 Å². The maximum atomic E-state index is 5.74. The van der Waals surface area contributed by atoms with Crippen molar-refractivity contribution < 1.29 is 4.74 Å². The Morgan fingerprint density at radius 3 is 2.67 bits per heavy atom. The smallest absolute Gasteiger partial charge is 0.106 e. The molecule has 2 rings (SSSR count). The van der Waals surface area contributed by atoms with Crippen LogP contribution in [0.1, 0.15) is 25.1 Å². The zero-order valence-electron chi connectivity index (χ0n) is 11.1. The van der Waals surface area contributed by atoms with E-state index in [2.05, 4.69) is 5.10 Å². The molecule has 1 aromatic carbocycles. The van der Waals surface area contributed by atoms with Crippen LogP contribution in [0.2, 0.25) is 0 Å². The molecule has 18 heavy (non-hydrogen) atoms. The number of hydrogen-bond acceptors (Lipinski definition) is 3. The summed E-state index contributed by atoms with van der Waals surface area (Å²) >= 11 is 0. The number of aromatic nitrogens is 2. The molecule has 0 aliphatic rings. The second-order valence-electron chi connectivity index (χ2n) is 4.69. The third kappa shape index (κ3) is 2.30. The highest BCUT2D eigenvalue weighted by Gasteiger charge is 2.22. The molecule has 2 aromatic rings. The van der Waals surface area contributed by atoms with Gasteiger partial charge in [-0.25, -0.2) is 4.68 Å². The molecule has 0 saturated heterocycles. The summed E-state index contributed by atoms with van der Waals surface area (Å²) in [6.07, 6.45) is 1.94. The Morgan fingerprint density at radius 1 is 1.28 bits per heavy atom. The Morgan fingerprint density at radius 2 is 2.00 bits per heavy atom. The van der Waals surface area contributed by atoms with Gasteiger partial charge < -0.3 is 10.5 Å². The molecule has 0 spiro atoms. The molecule has 0 aliphatic carbocycles. The summed E-state index contributed by atoms with van der Waals surface area (Å²) in [5.41, 5.74) is 8.34. The van der Waals surface area contributed by atoms with Crippen molar-refractivity contribution in [3.05, 3.63) is 47.8 Å². The van der Waals surface area contributed by atoms with Gasteiger partial charge in [0.25, 0.3) is 0 Å². The van der Waals surface area contributed by atoms with Crippen molar-refractivity contribution >= 4 is 0 Å². The van der Waals surface area contributed by atoms with E-state index in [1.807, 2.05) is 55.1 Å². The maximum absolute atomic E-state index is 5.74. The summed E-state index contributed by atoms with van der Waals surface area (Å²) in [4.78, 5) is 0. The van der Waals surface area contributed by atoms with E-state index in [4.69, 9.17) is 10.5 Å². The van der Waals surface area contributed by atoms with E-state index in [1.165, 1.54) is 0 Å². The van der Waals surface area contributed by atoms with E-state index in [9.17, 15) is 0 Å². The molecule has 96 valence electrons. The van der Waals surface area contributed by atoms with Crippen LogP contribution in [0.4, 0.5) is 0 Å². The highest BCUT2D eigenvalue weighted by molar-refractivity contribution is 5.40. The average Bonchev–Trinajstić information content (AvgIpc) is 2.89. The van der Waals surface area contributed by atoms with Gasteiger partial charge in [0.05, 0.1) is 11.4 Å². The SMILES string of the molecule is COC(C)(C)c1ccn(-c2ccccc2CN)n1. The first kappa shape index (κ1) is 12.8. The molecule has 1 aromatic heterocycles. The summed E-state index contributed by atoms with van der Waals surface area (Å²) in [5, 5.41) is 4.57. The van der Waals surface area contributed by atoms with Gasteiger partial charge in [-0.3, -0.25) is 0 Å². The highest BCUT2D eigenvalue weighted by Crippen LogP contribution is 2.23. The molecule has 2 N–H and O–H groups in total. The fourth-order valence-corrected chi connectivity index (χ4v) is 1.79. The summed E-state index contributed by atoms with van der Waals surface area (Å²) in [5.74, 6) is 0. The van der Waals surface area contributed by atoms with Crippen molar-refractivity contribution in [2.24, 2.45) is 5.73 Å². The first-order valence-electron chi connectivity index (χ1n) is 5.98. The van der Waals surface area contributed by atoms with Gasteiger partial charge in [-0.2, -0.15) is 5.10 Å². The van der Waals surface area contributed by atoms with Crippen molar-refractivity contribution in [2.45, 2.75) is 26.0 Å². The summed E-state index contributed by atoms with van der Waals surface area (Å²) in [6.45, 7) is 4.49. The lowest BCUT2D eigenvalue weighted by atomic mass is 10.1. The fraction of sp³-hybridized carbons (Fsp3) is 0.357. The second-order valence-corrected chi connectivity index (χ2v) is 4.69. The van der Waals surface area contributed by atoms with E-state index in [0.29, 0.717) is 6.54 Å². The number of benzene rings is 1. The first-order chi connectivity index (χ1) is 8.58. The van der Waals surface area contributed by atoms with Crippen LogP contribution in [0.3, 0.4) is 0 Å². The van der Waals surface area contributed by atoms with E-state index in [-0.39, 0.29) is 5.60 Å². The lowest BCUT2D eigenvalue weighted by molar-refractivity contribution is 0.0152. The third-order valence-electron chi connectivity index (χ3n) is 3.17. The second kappa shape index (κ2) is 4.92. The molecule has 0 amide bonds. The van der Waals surface area contributed by atoms with E-state index in [0.717, 1.165) is 16.9 Å². The van der Waals surface area contributed by atoms with Gasteiger partial charge >= 0.3 is 0 Å². The summed E-state index contributed by atoms with van der Waals surface area (Å²) in [7, 11) is 1.69. The van der Waals surface area contributed by atoms with Gasteiger partial charge in [0.1, 0.15) is 5.60 Å². The van der Waals surface area contributed by atoms with Crippen molar-refractivity contribution in [1.29, 1.82) is 0 Å². The van der Waals surface area contributed by atoms with Crippen molar-refractivity contribution in [2.75, 3.05) is 7.11 Å². The lowest BCUT2D eigenvalue weighted by Crippen LogP contribution is -2.20. The minimum atomic E-state index is -0.386. The number of ether oxygens (including phenoxy) is 1. The monoisotopic (exact) mass is 245 g/mol. The topological polar surface area (TPSA) is 53.1 Å².